The average molecular weight is 322 g/mol. The number of nitrogens with two attached hydrogens (primary N) is 1. The molecule has 118 valence electrons. The Labute approximate surface area is 135 Å². The van der Waals surface area contributed by atoms with Crippen molar-refractivity contribution in [2.45, 2.75) is 19.6 Å². The van der Waals surface area contributed by atoms with Crippen molar-refractivity contribution in [3.8, 4) is 11.5 Å². The minimum atomic E-state index is -0.778. The first-order valence-corrected chi connectivity index (χ1v) is 7.54. The molecular formula is C17H20ClNO3. The number of ether oxygens (including phenoxy) is 2. The molecule has 0 saturated carbocycles. The van der Waals surface area contributed by atoms with Crippen LogP contribution in [0, 0.1) is 0 Å². The highest BCUT2D eigenvalue weighted by atomic mass is 35.5. The Bertz CT molecular complexity index is 604. The van der Waals surface area contributed by atoms with Crippen molar-refractivity contribution in [2.75, 3.05) is 13.2 Å². The van der Waals surface area contributed by atoms with Gasteiger partial charge in [-0.2, -0.15) is 0 Å². The molecule has 0 unspecified atom stereocenters. The highest BCUT2D eigenvalue weighted by molar-refractivity contribution is 6.32. The Morgan fingerprint density at radius 2 is 1.91 bits per heavy atom. The van der Waals surface area contributed by atoms with Crippen molar-refractivity contribution in [3.05, 3.63) is 58.6 Å². The SMILES string of the molecule is CCOc1cc([C@@H](O)CN)cc(Cl)c1OCc1ccccc1. The number of aliphatic hydroxyl groups is 1. The predicted octanol–water partition coefficient (Wildman–Crippen LogP) is 3.31. The summed E-state index contributed by atoms with van der Waals surface area (Å²) in [4.78, 5) is 0. The summed E-state index contributed by atoms with van der Waals surface area (Å²) in [6.45, 7) is 2.85. The third kappa shape index (κ3) is 4.13. The summed E-state index contributed by atoms with van der Waals surface area (Å²) < 4.78 is 11.4. The molecule has 0 aliphatic rings. The first-order chi connectivity index (χ1) is 10.7. The Balaban J connectivity index is 2.25. The molecule has 3 N–H and O–H groups in total. The molecule has 0 aromatic heterocycles. The van der Waals surface area contributed by atoms with Gasteiger partial charge >= 0.3 is 0 Å². The number of benzene rings is 2. The molecule has 0 aliphatic heterocycles. The molecule has 5 heteroatoms. The Morgan fingerprint density at radius 1 is 1.18 bits per heavy atom. The molecule has 0 spiro atoms. The maximum atomic E-state index is 9.87. The monoisotopic (exact) mass is 321 g/mol. The van der Waals surface area contributed by atoms with E-state index in [0.29, 0.717) is 35.3 Å². The lowest BCUT2D eigenvalue weighted by molar-refractivity contribution is 0.185. The highest BCUT2D eigenvalue weighted by Gasteiger charge is 2.16. The van der Waals surface area contributed by atoms with Crippen molar-refractivity contribution in [1.29, 1.82) is 0 Å². The normalized spacial score (nSPS) is 12.0. The van der Waals surface area contributed by atoms with E-state index in [1.165, 1.54) is 0 Å². The number of hydrogen-bond donors (Lipinski definition) is 2. The molecule has 0 heterocycles. The summed E-state index contributed by atoms with van der Waals surface area (Å²) in [5.74, 6) is 0.980. The first-order valence-electron chi connectivity index (χ1n) is 7.16. The highest BCUT2D eigenvalue weighted by Crippen LogP contribution is 2.38. The van der Waals surface area contributed by atoms with Gasteiger partial charge in [-0.1, -0.05) is 41.9 Å². The first kappa shape index (κ1) is 16.6. The average Bonchev–Trinajstić information content (AvgIpc) is 2.54. The van der Waals surface area contributed by atoms with E-state index < -0.39 is 6.10 Å². The fourth-order valence-corrected chi connectivity index (χ4v) is 2.32. The van der Waals surface area contributed by atoms with Crippen LogP contribution in [0.5, 0.6) is 11.5 Å². The minimum Gasteiger partial charge on any atom is -0.490 e. The van der Waals surface area contributed by atoms with Gasteiger partial charge in [0.25, 0.3) is 0 Å². The van der Waals surface area contributed by atoms with E-state index in [9.17, 15) is 5.11 Å². The van der Waals surface area contributed by atoms with Gasteiger partial charge < -0.3 is 20.3 Å². The zero-order chi connectivity index (χ0) is 15.9. The van der Waals surface area contributed by atoms with Gasteiger partial charge in [-0.25, -0.2) is 0 Å². The lowest BCUT2D eigenvalue weighted by Gasteiger charge is -2.17. The van der Waals surface area contributed by atoms with Crippen molar-refractivity contribution < 1.29 is 14.6 Å². The second-order valence-electron chi connectivity index (χ2n) is 4.79. The third-order valence-electron chi connectivity index (χ3n) is 3.17. The maximum absolute atomic E-state index is 9.87. The largest absolute Gasteiger partial charge is 0.490 e. The number of halogens is 1. The van der Waals surface area contributed by atoms with Gasteiger partial charge in [0.05, 0.1) is 17.7 Å². The summed E-state index contributed by atoms with van der Waals surface area (Å²) in [6.07, 6.45) is -0.778. The van der Waals surface area contributed by atoms with E-state index in [2.05, 4.69) is 0 Å². The zero-order valence-electron chi connectivity index (χ0n) is 12.5. The van der Waals surface area contributed by atoms with Crippen molar-refractivity contribution in [2.24, 2.45) is 5.73 Å². The number of hydrogen-bond acceptors (Lipinski definition) is 4. The van der Waals surface area contributed by atoms with E-state index in [0.717, 1.165) is 5.56 Å². The van der Waals surface area contributed by atoms with Crippen LogP contribution in [-0.4, -0.2) is 18.3 Å². The fourth-order valence-electron chi connectivity index (χ4n) is 2.05. The summed E-state index contributed by atoms with van der Waals surface area (Å²) >= 11 is 6.28. The lowest BCUT2D eigenvalue weighted by Crippen LogP contribution is -2.12. The second-order valence-corrected chi connectivity index (χ2v) is 5.20. The van der Waals surface area contributed by atoms with E-state index >= 15 is 0 Å². The van der Waals surface area contributed by atoms with Crippen molar-refractivity contribution in [3.63, 3.8) is 0 Å². The van der Waals surface area contributed by atoms with Crippen LogP contribution in [-0.2, 0) is 6.61 Å². The van der Waals surface area contributed by atoms with E-state index in [-0.39, 0.29) is 6.54 Å². The van der Waals surface area contributed by atoms with Crippen LogP contribution >= 0.6 is 11.6 Å². The molecule has 1 atom stereocenters. The summed E-state index contributed by atoms with van der Waals surface area (Å²) in [6, 6.07) is 13.2. The van der Waals surface area contributed by atoms with Crippen LogP contribution in [0.2, 0.25) is 5.02 Å². The fraction of sp³-hybridized carbons (Fsp3) is 0.294. The molecule has 0 bridgehead atoms. The van der Waals surface area contributed by atoms with E-state index in [4.69, 9.17) is 26.8 Å². The quantitative estimate of drug-likeness (QED) is 0.821. The topological polar surface area (TPSA) is 64.7 Å². The van der Waals surface area contributed by atoms with Crippen LogP contribution in [0.3, 0.4) is 0 Å². The molecule has 0 saturated heterocycles. The Hall–Kier alpha value is -1.75. The van der Waals surface area contributed by atoms with E-state index in [1.54, 1.807) is 12.1 Å². The number of rotatable bonds is 7. The lowest BCUT2D eigenvalue weighted by atomic mass is 10.1. The molecule has 0 amide bonds. The molecule has 2 rings (SSSR count). The standard InChI is InChI=1S/C17H20ClNO3/c1-2-21-16-9-13(15(20)10-19)8-14(18)17(16)22-11-12-6-4-3-5-7-12/h3-9,15,20H,2,10-11,19H2,1H3/t15-/m0/s1. The van der Waals surface area contributed by atoms with E-state index in [1.807, 2.05) is 37.3 Å². The van der Waals surface area contributed by atoms with Crippen LogP contribution < -0.4 is 15.2 Å². The maximum Gasteiger partial charge on any atom is 0.180 e. The molecule has 0 radical (unpaired) electrons. The molecular weight excluding hydrogens is 302 g/mol. The van der Waals surface area contributed by atoms with Gasteiger partial charge in [-0.05, 0) is 30.2 Å². The zero-order valence-corrected chi connectivity index (χ0v) is 13.2. The summed E-state index contributed by atoms with van der Waals surface area (Å²) in [5, 5.41) is 10.3. The van der Waals surface area contributed by atoms with Crippen LogP contribution in [0.4, 0.5) is 0 Å². The van der Waals surface area contributed by atoms with Crippen LogP contribution in [0.25, 0.3) is 0 Å². The van der Waals surface area contributed by atoms with Gasteiger partial charge in [0.15, 0.2) is 11.5 Å². The van der Waals surface area contributed by atoms with Gasteiger partial charge in [0.1, 0.15) is 6.61 Å². The molecule has 2 aromatic carbocycles. The Morgan fingerprint density at radius 3 is 2.55 bits per heavy atom. The van der Waals surface area contributed by atoms with Gasteiger partial charge in [-0.3, -0.25) is 0 Å². The molecule has 4 nitrogen and oxygen atoms in total. The van der Waals surface area contributed by atoms with Gasteiger partial charge in [-0.15, -0.1) is 0 Å². The molecule has 0 fully saturated rings. The van der Waals surface area contributed by atoms with Gasteiger partial charge in [0, 0.05) is 6.54 Å². The van der Waals surface area contributed by atoms with Crippen molar-refractivity contribution >= 4 is 11.6 Å². The molecule has 22 heavy (non-hydrogen) atoms. The van der Waals surface area contributed by atoms with Gasteiger partial charge in [0.2, 0.25) is 0 Å². The van der Waals surface area contributed by atoms with Crippen LogP contribution in [0.1, 0.15) is 24.2 Å². The summed E-state index contributed by atoms with van der Waals surface area (Å²) in [5.41, 5.74) is 7.13. The smallest absolute Gasteiger partial charge is 0.180 e. The predicted molar refractivity (Wildman–Crippen MR) is 87.4 cm³/mol. The third-order valence-corrected chi connectivity index (χ3v) is 3.45. The second kappa shape index (κ2) is 8.03. The van der Waals surface area contributed by atoms with Crippen molar-refractivity contribution in [1.82, 2.24) is 0 Å². The molecule has 0 aliphatic carbocycles. The Kier molecular flexibility index (Phi) is 6.07. The minimum absolute atomic E-state index is 0.117. The summed E-state index contributed by atoms with van der Waals surface area (Å²) in [7, 11) is 0. The molecule has 2 aromatic rings. The van der Waals surface area contributed by atoms with Crippen LogP contribution in [0.15, 0.2) is 42.5 Å². The number of aliphatic hydroxyl groups excluding tert-OH is 1.